The van der Waals surface area contributed by atoms with Crippen LogP contribution in [0.3, 0.4) is 0 Å². The molecule has 3 aromatic heterocycles. The quantitative estimate of drug-likeness (QED) is 0.490. The highest BCUT2D eigenvalue weighted by molar-refractivity contribution is 7.20. The van der Waals surface area contributed by atoms with E-state index in [1.807, 2.05) is 7.05 Å². The van der Waals surface area contributed by atoms with Crippen molar-refractivity contribution < 1.29 is 18.4 Å². The Morgan fingerprint density at radius 2 is 2.07 bits per heavy atom. The number of nitrogens with zero attached hydrogens (tertiary/aromatic N) is 6. The lowest BCUT2D eigenvalue weighted by atomic mass is 9.93. The van der Waals surface area contributed by atoms with E-state index < -0.39 is 17.6 Å². The van der Waals surface area contributed by atoms with Crippen molar-refractivity contribution in [2.24, 2.45) is 5.16 Å². The standard InChI is InChI=1S/C17H18F3N7OS/c1-26(11-4-2-10(25-28)3-5-11)16-24-27-8-13(23-15(27)29-16)9-6-12(17(18,19)20)14(21)22-7-9/h6-8,11,28H,2-5H2,1H3,(H2,21,22). The van der Waals surface area contributed by atoms with Gasteiger partial charge in [0.05, 0.1) is 23.2 Å². The Kier molecular flexibility index (Phi) is 4.81. The lowest BCUT2D eigenvalue weighted by Gasteiger charge is -2.30. The van der Waals surface area contributed by atoms with E-state index in [0.717, 1.165) is 42.6 Å². The van der Waals surface area contributed by atoms with Crippen LogP contribution in [0.2, 0.25) is 0 Å². The molecule has 12 heteroatoms. The number of imidazole rings is 1. The van der Waals surface area contributed by atoms with Gasteiger partial charge in [0.2, 0.25) is 10.1 Å². The molecule has 3 heterocycles. The van der Waals surface area contributed by atoms with E-state index in [2.05, 4.69) is 25.1 Å². The molecule has 1 aliphatic carbocycles. The van der Waals surface area contributed by atoms with Gasteiger partial charge >= 0.3 is 6.18 Å². The molecule has 3 N–H and O–H groups in total. The van der Waals surface area contributed by atoms with Gasteiger partial charge in [-0.15, -0.1) is 5.10 Å². The predicted molar refractivity (Wildman–Crippen MR) is 103 cm³/mol. The van der Waals surface area contributed by atoms with Crippen LogP contribution in [0.15, 0.2) is 23.6 Å². The lowest BCUT2D eigenvalue weighted by Crippen LogP contribution is -2.35. The first-order valence-electron chi connectivity index (χ1n) is 8.88. The highest BCUT2D eigenvalue weighted by Gasteiger charge is 2.34. The molecule has 0 unspecified atom stereocenters. The van der Waals surface area contributed by atoms with Crippen molar-refractivity contribution in [3.63, 3.8) is 0 Å². The molecule has 1 fully saturated rings. The van der Waals surface area contributed by atoms with E-state index in [0.29, 0.717) is 10.7 Å². The summed E-state index contributed by atoms with van der Waals surface area (Å²) >= 11 is 1.35. The van der Waals surface area contributed by atoms with Crippen molar-refractivity contribution in [3.8, 4) is 11.3 Å². The molecule has 1 aliphatic rings. The second-order valence-electron chi connectivity index (χ2n) is 6.90. The number of nitrogen functional groups attached to an aromatic ring is 1. The third-order valence-electron chi connectivity index (χ3n) is 5.08. The Bertz CT molecular complexity index is 1030. The van der Waals surface area contributed by atoms with Crippen LogP contribution >= 0.6 is 11.3 Å². The van der Waals surface area contributed by atoms with Gasteiger partial charge in [-0.25, -0.2) is 14.5 Å². The molecular formula is C17H18F3N7OS. The first-order chi connectivity index (χ1) is 13.8. The first kappa shape index (κ1) is 19.4. The van der Waals surface area contributed by atoms with Crippen molar-refractivity contribution in [2.75, 3.05) is 17.7 Å². The molecular weight excluding hydrogens is 407 g/mol. The molecule has 0 saturated heterocycles. The molecule has 1 saturated carbocycles. The maximum atomic E-state index is 13.1. The second-order valence-corrected chi connectivity index (χ2v) is 7.84. The van der Waals surface area contributed by atoms with E-state index >= 15 is 0 Å². The summed E-state index contributed by atoms with van der Waals surface area (Å²) in [6.07, 6.45) is 1.47. The van der Waals surface area contributed by atoms with Gasteiger partial charge in [0, 0.05) is 24.8 Å². The average Bonchev–Trinajstić information content (AvgIpc) is 3.26. The minimum absolute atomic E-state index is 0.224. The molecule has 8 nitrogen and oxygen atoms in total. The summed E-state index contributed by atoms with van der Waals surface area (Å²) in [7, 11) is 1.95. The SMILES string of the molecule is CN(c1nn2cc(-c3cnc(N)c(C(F)(F)F)c3)nc2s1)C1CCC(=NO)CC1. The number of pyridine rings is 1. The van der Waals surface area contributed by atoms with Gasteiger partial charge in [-0.3, -0.25) is 0 Å². The fraction of sp³-hybridized carbons (Fsp3) is 0.412. The smallest absolute Gasteiger partial charge is 0.411 e. The van der Waals surface area contributed by atoms with Gasteiger partial charge in [0.1, 0.15) is 5.82 Å². The van der Waals surface area contributed by atoms with Crippen molar-refractivity contribution in [3.05, 3.63) is 24.0 Å². The summed E-state index contributed by atoms with van der Waals surface area (Å²) in [4.78, 5) is 10.7. The van der Waals surface area contributed by atoms with E-state index in [1.165, 1.54) is 17.5 Å². The highest BCUT2D eigenvalue weighted by Crippen LogP contribution is 2.35. The number of fused-ring (bicyclic) bond motifs is 1. The largest absolute Gasteiger partial charge is 0.419 e. The Morgan fingerprint density at radius 1 is 1.34 bits per heavy atom. The summed E-state index contributed by atoms with van der Waals surface area (Å²) in [5, 5.41) is 17.4. The van der Waals surface area contributed by atoms with Crippen molar-refractivity contribution in [1.82, 2.24) is 19.6 Å². The number of nitrogens with two attached hydrogens (primary N) is 1. The topological polar surface area (TPSA) is 105 Å². The van der Waals surface area contributed by atoms with Crippen molar-refractivity contribution in [1.29, 1.82) is 0 Å². The Hall–Kier alpha value is -2.89. The van der Waals surface area contributed by atoms with Crippen LogP contribution in [0.1, 0.15) is 31.2 Å². The number of oxime groups is 1. The van der Waals surface area contributed by atoms with Gasteiger partial charge in [-0.05, 0) is 31.7 Å². The van der Waals surface area contributed by atoms with Crippen LogP contribution in [0.25, 0.3) is 16.2 Å². The number of aromatic nitrogens is 4. The van der Waals surface area contributed by atoms with Crippen LogP contribution in [0.4, 0.5) is 24.1 Å². The van der Waals surface area contributed by atoms with E-state index in [1.54, 1.807) is 10.7 Å². The van der Waals surface area contributed by atoms with Crippen LogP contribution in [-0.4, -0.2) is 43.6 Å². The van der Waals surface area contributed by atoms with Gasteiger partial charge in [-0.1, -0.05) is 16.5 Å². The zero-order chi connectivity index (χ0) is 20.8. The highest BCUT2D eigenvalue weighted by atomic mass is 32.1. The Morgan fingerprint density at radius 3 is 2.69 bits per heavy atom. The molecule has 0 aromatic carbocycles. The normalized spacial score (nSPS) is 17.7. The molecule has 154 valence electrons. The third kappa shape index (κ3) is 3.71. The molecule has 3 aromatic rings. The van der Waals surface area contributed by atoms with Crippen LogP contribution in [0.5, 0.6) is 0 Å². The third-order valence-corrected chi connectivity index (χ3v) is 6.09. The van der Waals surface area contributed by atoms with Crippen LogP contribution in [-0.2, 0) is 6.18 Å². The van der Waals surface area contributed by atoms with Gasteiger partial charge < -0.3 is 15.8 Å². The second kappa shape index (κ2) is 7.17. The summed E-state index contributed by atoms with van der Waals surface area (Å²) in [5.41, 5.74) is 5.75. The summed E-state index contributed by atoms with van der Waals surface area (Å²) < 4.78 is 40.8. The van der Waals surface area contributed by atoms with Gasteiger partial charge in [0.15, 0.2) is 0 Å². The Balaban J connectivity index is 1.58. The molecule has 0 spiro atoms. The number of anilines is 2. The Labute approximate surface area is 167 Å². The molecule has 0 radical (unpaired) electrons. The molecule has 4 rings (SSSR count). The average molecular weight is 425 g/mol. The lowest BCUT2D eigenvalue weighted by molar-refractivity contribution is -0.137. The fourth-order valence-corrected chi connectivity index (χ4v) is 4.31. The van der Waals surface area contributed by atoms with Crippen LogP contribution < -0.4 is 10.6 Å². The van der Waals surface area contributed by atoms with E-state index in [9.17, 15) is 13.2 Å². The first-order valence-corrected chi connectivity index (χ1v) is 9.70. The molecule has 0 amide bonds. The predicted octanol–water partition coefficient (Wildman–Crippen LogP) is 3.66. The molecule has 29 heavy (non-hydrogen) atoms. The van der Waals surface area contributed by atoms with Crippen LogP contribution in [0, 0.1) is 0 Å². The van der Waals surface area contributed by atoms with E-state index in [4.69, 9.17) is 10.9 Å². The molecule has 0 atom stereocenters. The maximum absolute atomic E-state index is 13.1. The van der Waals surface area contributed by atoms with Crippen molar-refractivity contribution in [2.45, 2.75) is 37.9 Å². The summed E-state index contributed by atoms with van der Waals surface area (Å²) in [5.74, 6) is -0.564. The summed E-state index contributed by atoms with van der Waals surface area (Å²) in [6, 6.07) is 1.22. The monoisotopic (exact) mass is 425 g/mol. The zero-order valence-electron chi connectivity index (χ0n) is 15.4. The number of halogens is 3. The van der Waals surface area contributed by atoms with Gasteiger partial charge in [0.25, 0.3) is 0 Å². The maximum Gasteiger partial charge on any atom is 0.419 e. The van der Waals surface area contributed by atoms with Gasteiger partial charge in [-0.2, -0.15) is 13.2 Å². The van der Waals surface area contributed by atoms with E-state index in [-0.39, 0.29) is 11.6 Å². The number of alkyl halides is 3. The minimum atomic E-state index is -4.58. The number of hydrogen-bond acceptors (Lipinski definition) is 8. The van der Waals surface area contributed by atoms with Crippen molar-refractivity contribution >= 4 is 33.0 Å². The molecule has 0 aliphatic heterocycles. The summed E-state index contributed by atoms with van der Waals surface area (Å²) in [6.45, 7) is 0. The number of hydrogen-bond donors (Lipinski definition) is 2. The molecule has 0 bridgehead atoms. The zero-order valence-corrected chi connectivity index (χ0v) is 16.2. The number of rotatable bonds is 3. The minimum Gasteiger partial charge on any atom is -0.411 e. The fourth-order valence-electron chi connectivity index (χ4n) is 3.39.